The Morgan fingerprint density at radius 3 is 2.60 bits per heavy atom. The molecule has 2 fully saturated rings. The second-order valence-corrected chi connectivity index (χ2v) is 9.28. The van der Waals surface area contributed by atoms with Crippen LogP contribution in [0.2, 0.25) is 0 Å². The molecule has 2 N–H and O–H groups in total. The van der Waals surface area contributed by atoms with E-state index in [1.807, 2.05) is 18.2 Å². The molecule has 1 aromatic rings. The summed E-state index contributed by atoms with van der Waals surface area (Å²) in [5.74, 6) is 2.86. The van der Waals surface area contributed by atoms with E-state index in [4.69, 9.17) is 10.5 Å². The first-order valence-corrected chi connectivity index (χ1v) is 9.84. The van der Waals surface area contributed by atoms with Crippen molar-refractivity contribution in [1.82, 2.24) is 0 Å². The maximum atomic E-state index is 12.6. The van der Waals surface area contributed by atoms with E-state index < -0.39 is 0 Å². The van der Waals surface area contributed by atoms with E-state index in [0.717, 1.165) is 18.8 Å². The highest BCUT2D eigenvalue weighted by Gasteiger charge is 2.44. The van der Waals surface area contributed by atoms with Crippen LogP contribution in [0.4, 0.5) is 0 Å². The van der Waals surface area contributed by atoms with Crippen molar-refractivity contribution in [2.45, 2.75) is 71.3 Å². The zero-order valence-electron chi connectivity index (χ0n) is 16.1. The van der Waals surface area contributed by atoms with Gasteiger partial charge in [-0.25, -0.2) is 0 Å². The van der Waals surface area contributed by atoms with Crippen LogP contribution >= 0.6 is 0 Å². The largest absolute Gasteiger partial charge is 0.426 e. The van der Waals surface area contributed by atoms with Crippen LogP contribution < -0.4 is 10.5 Å². The number of hydrogen-bond acceptors (Lipinski definition) is 3. The van der Waals surface area contributed by atoms with Crippen molar-refractivity contribution in [2.24, 2.45) is 29.4 Å². The fourth-order valence-corrected chi connectivity index (χ4v) is 4.86. The van der Waals surface area contributed by atoms with E-state index in [0.29, 0.717) is 17.6 Å². The monoisotopic (exact) mass is 343 g/mol. The SMILES string of the molecule is CC(C)CC(c1cccc(OC(=O)C2CC3CCC2C3)c1)C(C)(C)N. The third kappa shape index (κ3) is 4.25. The predicted molar refractivity (Wildman–Crippen MR) is 101 cm³/mol. The minimum absolute atomic E-state index is 0.0308. The van der Waals surface area contributed by atoms with Crippen molar-refractivity contribution in [1.29, 1.82) is 0 Å². The highest BCUT2D eigenvalue weighted by Crippen LogP contribution is 2.48. The molecule has 2 aliphatic carbocycles. The van der Waals surface area contributed by atoms with Gasteiger partial charge in [-0.05, 0) is 75.0 Å². The number of carbonyl (C=O) groups is 1. The number of benzene rings is 1. The molecule has 3 nitrogen and oxygen atoms in total. The van der Waals surface area contributed by atoms with E-state index in [1.54, 1.807) is 0 Å². The fraction of sp³-hybridized carbons (Fsp3) is 0.682. The third-order valence-corrected chi connectivity index (χ3v) is 6.12. The summed E-state index contributed by atoms with van der Waals surface area (Å²) in [6.07, 6.45) is 5.76. The molecule has 0 spiro atoms. The quantitative estimate of drug-likeness (QED) is 0.591. The second-order valence-electron chi connectivity index (χ2n) is 9.28. The van der Waals surface area contributed by atoms with Gasteiger partial charge in [-0.1, -0.05) is 32.4 Å². The Morgan fingerprint density at radius 1 is 1.28 bits per heavy atom. The molecule has 0 aromatic heterocycles. The summed E-state index contributed by atoms with van der Waals surface area (Å²) in [4.78, 5) is 12.6. The maximum absolute atomic E-state index is 12.6. The summed E-state index contributed by atoms with van der Waals surface area (Å²) in [6, 6.07) is 8.01. The Kier molecular flexibility index (Phi) is 5.24. The average molecular weight is 344 g/mol. The van der Waals surface area contributed by atoms with Gasteiger partial charge in [0, 0.05) is 11.5 Å². The fourth-order valence-electron chi connectivity index (χ4n) is 4.86. The van der Waals surface area contributed by atoms with Crippen LogP contribution in [0.5, 0.6) is 5.75 Å². The molecule has 2 aliphatic rings. The van der Waals surface area contributed by atoms with Crippen molar-refractivity contribution in [3.05, 3.63) is 29.8 Å². The number of ether oxygens (including phenoxy) is 1. The van der Waals surface area contributed by atoms with E-state index in [1.165, 1.54) is 24.8 Å². The highest BCUT2D eigenvalue weighted by molar-refractivity contribution is 5.76. The van der Waals surface area contributed by atoms with Crippen LogP contribution in [-0.4, -0.2) is 11.5 Å². The van der Waals surface area contributed by atoms with Gasteiger partial charge < -0.3 is 10.5 Å². The lowest BCUT2D eigenvalue weighted by Crippen LogP contribution is -2.40. The van der Waals surface area contributed by atoms with E-state index in [2.05, 4.69) is 33.8 Å². The van der Waals surface area contributed by atoms with E-state index in [9.17, 15) is 4.79 Å². The first-order chi connectivity index (χ1) is 11.7. The molecule has 3 heteroatoms. The summed E-state index contributed by atoms with van der Waals surface area (Å²) < 4.78 is 5.78. The Balaban J connectivity index is 1.73. The van der Waals surface area contributed by atoms with Crippen LogP contribution in [0.1, 0.15) is 71.3 Å². The van der Waals surface area contributed by atoms with Gasteiger partial charge in [0.2, 0.25) is 0 Å². The zero-order valence-corrected chi connectivity index (χ0v) is 16.1. The molecule has 2 bridgehead atoms. The van der Waals surface area contributed by atoms with Crippen LogP contribution in [-0.2, 0) is 4.79 Å². The summed E-state index contributed by atoms with van der Waals surface area (Å²) in [5, 5.41) is 0. The van der Waals surface area contributed by atoms with Gasteiger partial charge in [0.05, 0.1) is 5.92 Å². The summed E-state index contributed by atoms with van der Waals surface area (Å²) in [6.45, 7) is 8.59. The van der Waals surface area contributed by atoms with E-state index >= 15 is 0 Å². The molecule has 25 heavy (non-hydrogen) atoms. The molecule has 0 amide bonds. The molecule has 1 aromatic carbocycles. The van der Waals surface area contributed by atoms with Gasteiger partial charge in [-0.15, -0.1) is 0 Å². The Labute approximate surface area is 152 Å². The average Bonchev–Trinajstić information content (AvgIpc) is 3.14. The summed E-state index contributed by atoms with van der Waals surface area (Å²) >= 11 is 0. The minimum Gasteiger partial charge on any atom is -0.426 e. The zero-order chi connectivity index (χ0) is 18.2. The van der Waals surface area contributed by atoms with Crippen molar-refractivity contribution in [2.75, 3.05) is 0 Å². The Hall–Kier alpha value is -1.35. The first kappa shape index (κ1) is 18.4. The number of nitrogens with two attached hydrogens (primary N) is 1. The van der Waals surface area contributed by atoms with Crippen molar-refractivity contribution < 1.29 is 9.53 Å². The molecular formula is C22H33NO2. The molecule has 0 radical (unpaired) electrons. The second kappa shape index (κ2) is 7.11. The first-order valence-electron chi connectivity index (χ1n) is 9.84. The summed E-state index contributed by atoms with van der Waals surface area (Å²) in [7, 11) is 0. The molecule has 138 valence electrons. The van der Waals surface area contributed by atoms with Crippen LogP contribution in [0, 0.1) is 23.7 Å². The lowest BCUT2D eigenvalue weighted by molar-refractivity contribution is -0.140. The van der Waals surface area contributed by atoms with Crippen molar-refractivity contribution in [3.8, 4) is 5.75 Å². The number of hydrogen-bond donors (Lipinski definition) is 1. The number of rotatable bonds is 6. The molecule has 2 saturated carbocycles. The molecule has 0 saturated heterocycles. The van der Waals surface area contributed by atoms with Gasteiger partial charge in [0.1, 0.15) is 5.75 Å². The predicted octanol–water partition coefficient (Wildman–Crippen LogP) is 4.90. The van der Waals surface area contributed by atoms with Crippen LogP contribution in [0.3, 0.4) is 0 Å². The van der Waals surface area contributed by atoms with Gasteiger partial charge >= 0.3 is 5.97 Å². The lowest BCUT2D eigenvalue weighted by Gasteiger charge is -2.32. The van der Waals surface area contributed by atoms with Gasteiger partial charge in [0.15, 0.2) is 0 Å². The van der Waals surface area contributed by atoms with Gasteiger partial charge in [-0.2, -0.15) is 0 Å². The van der Waals surface area contributed by atoms with Crippen molar-refractivity contribution >= 4 is 5.97 Å². The van der Waals surface area contributed by atoms with Gasteiger partial charge in [0.25, 0.3) is 0 Å². The topological polar surface area (TPSA) is 52.3 Å². The van der Waals surface area contributed by atoms with Crippen LogP contribution in [0.25, 0.3) is 0 Å². The molecule has 3 rings (SSSR count). The number of esters is 1. The van der Waals surface area contributed by atoms with Crippen molar-refractivity contribution in [3.63, 3.8) is 0 Å². The molecular weight excluding hydrogens is 310 g/mol. The smallest absolute Gasteiger partial charge is 0.314 e. The molecule has 0 aliphatic heterocycles. The normalized spacial score (nSPS) is 26.9. The summed E-state index contributed by atoms with van der Waals surface area (Å²) in [5.41, 5.74) is 7.30. The lowest BCUT2D eigenvalue weighted by atomic mass is 9.77. The number of fused-ring (bicyclic) bond motifs is 2. The number of carbonyl (C=O) groups excluding carboxylic acids is 1. The van der Waals surface area contributed by atoms with Crippen LogP contribution in [0.15, 0.2) is 24.3 Å². The Bertz CT molecular complexity index is 617. The third-order valence-electron chi connectivity index (χ3n) is 6.12. The minimum atomic E-state index is -0.308. The molecule has 4 unspecified atom stereocenters. The molecule has 0 heterocycles. The van der Waals surface area contributed by atoms with Gasteiger partial charge in [-0.3, -0.25) is 4.79 Å². The Morgan fingerprint density at radius 2 is 2.04 bits per heavy atom. The maximum Gasteiger partial charge on any atom is 0.314 e. The van der Waals surface area contributed by atoms with E-state index in [-0.39, 0.29) is 23.3 Å². The highest BCUT2D eigenvalue weighted by atomic mass is 16.5. The molecule has 4 atom stereocenters. The standard InChI is InChI=1S/C22H33NO2/c1-14(2)10-20(22(3,4)23)17-6-5-7-18(13-17)25-21(24)19-12-15-8-9-16(19)11-15/h5-7,13-16,19-20H,8-12,23H2,1-4H3.